The molecule has 172 valence electrons. The highest BCUT2D eigenvalue weighted by Gasteiger charge is 2.32. The summed E-state index contributed by atoms with van der Waals surface area (Å²) in [7, 11) is 7.10. The molecule has 3 aromatic rings. The lowest BCUT2D eigenvalue weighted by Crippen LogP contribution is -2.39. The van der Waals surface area contributed by atoms with E-state index in [4.69, 9.17) is 9.72 Å². The Hall–Kier alpha value is -3.68. The van der Waals surface area contributed by atoms with Gasteiger partial charge in [-0.05, 0) is 43.0 Å². The van der Waals surface area contributed by atoms with Crippen molar-refractivity contribution in [2.24, 2.45) is 7.05 Å². The molecule has 0 radical (unpaired) electrons. The van der Waals surface area contributed by atoms with Crippen molar-refractivity contribution in [3.8, 4) is 16.9 Å². The lowest BCUT2D eigenvalue weighted by Gasteiger charge is -2.36. The van der Waals surface area contributed by atoms with Gasteiger partial charge >= 0.3 is 0 Å². The second-order valence-electron chi connectivity index (χ2n) is 8.47. The van der Waals surface area contributed by atoms with Crippen LogP contribution in [0.3, 0.4) is 0 Å². The summed E-state index contributed by atoms with van der Waals surface area (Å²) in [6.07, 6.45) is 6.18. The van der Waals surface area contributed by atoms with E-state index in [0.717, 1.165) is 41.8 Å². The summed E-state index contributed by atoms with van der Waals surface area (Å²) in [6, 6.07) is 10.6. The van der Waals surface area contributed by atoms with Crippen molar-refractivity contribution < 1.29 is 9.53 Å². The van der Waals surface area contributed by atoms with Gasteiger partial charge in [0.05, 0.1) is 24.4 Å². The molecule has 3 heterocycles. The average molecular weight is 448 g/mol. The zero-order chi connectivity index (χ0) is 23.5. The van der Waals surface area contributed by atoms with Gasteiger partial charge in [0.1, 0.15) is 5.75 Å². The summed E-state index contributed by atoms with van der Waals surface area (Å²) < 4.78 is 6.74. The van der Waals surface area contributed by atoms with Crippen molar-refractivity contribution in [1.82, 2.24) is 19.4 Å². The fraction of sp³-hybridized carbons (Fsp3) is 0.360. The Labute approximate surface area is 193 Å². The molecule has 0 N–H and O–H groups in total. The molecule has 1 aliphatic rings. The Morgan fingerprint density at radius 2 is 1.88 bits per heavy atom. The van der Waals surface area contributed by atoms with Crippen LogP contribution in [0.2, 0.25) is 0 Å². The Bertz CT molecular complexity index is 1200. The fourth-order valence-electron chi connectivity index (χ4n) is 4.19. The number of ether oxygens (including phenoxy) is 1. The molecule has 1 aromatic carbocycles. The van der Waals surface area contributed by atoms with Gasteiger partial charge in [-0.15, -0.1) is 0 Å². The van der Waals surface area contributed by atoms with Crippen molar-refractivity contribution in [2.45, 2.75) is 25.3 Å². The maximum atomic E-state index is 13.5. The van der Waals surface area contributed by atoms with E-state index >= 15 is 0 Å². The standard InChI is InChI=1S/C25H29N5O3/c1-28(2)25-26-15-20(17-8-11-19(33-4)12-9-17)23(27-25)21-7-5-6-14-30(21)24(32)18-10-13-22(31)29(3)16-18/h8-13,15-16,21H,5-7,14H2,1-4H3/t21-/m0/s1. The minimum atomic E-state index is -0.192. The van der Waals surface area contributed by atoms with Crippen LogP contribution in [-0.2, 0) is 7.05 Å². The summed E-state index contributed by atoms with van der Waals surface area (Å²) in [5, 5.41) is 0. The number of benzene rings is 1. The molecule has 0 aliphatic carbocycles. The van der Waals surface area contributed by atoms with Crippen LogP contribution < -0.4 is 15.2 Å². The predicted octanol–water partition coefficient (Wildman–Crippen LogP) is 3.28. The molecular formula is C25H29N5O3. The van der Waals surface area contributed by atoms with E-state index in [1.165, 1.54) is 10.6 Å². The lowest BCUT2D eigenvalue weighted by molar-refractivity contribution is 0.0606. The third-order valence-electron chi connectivity index (χ3n) is 6.02. The number of nitrogens with zero attached hydrogens (tertiary/aromatic N) is 5. The number of pyridine rings is 1. The van der Waals surface area contributed by atoms with Crippen LogP contribution in [0.25, 0.3) is 11.1 Å². The molecular weight excluding hydrogens is 418 g/mol. The van der Waals surface area contributed by atoms with Crippen LogP contribution in [0, 0.1) is 0 Å². The second kappa shape index (κ2) is 9.44. The maximum absolute atomic E-state index is 13.5. The van der Waals surface area contributed by atoms with Gasteiger partial charge in [0.15, 0.2) is 0 Å². The number of rotatable bonds is 5. The SMILES string of the molecule is COc1ccc(-c2cnc(N(C)C)nc2[C@@H]2CCCCN2C(=O)c2ccc(=O)n(C)c2)cc1. The van der Waals surface area contributed by atoms with Gasteiger partial charge in [-0.1, -0.05) is 12.1 Å². The molecule has 1 fully saturated rings. The van der Waals surface area contributed by atoms with Crippen LogP contribution in [0.4, 0.5) is 5.95 Å². The van der Waals surface area contributed by atoms with Crippen molar-refractivity contribution in [2.75, 3.05) is 32.6 Å². The van der Waals surface area contributed by atoms with Crippen molar-refractivity contribution >= 4 is 11.9 Å². The van der Waals surface area contributed by atoms with Gasteiger partial charge in [0.2, 0.25) is 11.5 Å². The predicted molar refractivity (Wildman–Crippen MR) is 128 cm³/mol. The quantitative estimate of drug-likeness (QED) is 0.597. The lowest BCUT2D eigenvalue weighted by atomic mass is 9.93. The molecule has 1 saturated heterocycles. The first-order valence-electron chi connectivity index (χ1n) is 11.1. The van der Waals surface area contributed by atoms with Gasteiger partial charge in [-0.2, -0.15) is 0 Å². The largest absolute Gasteiger partial charge is 0.497 e. The second-order valence-corrected chi connectivity index (χ2v) is 8.47. The first-order valence-corrected chi connectivity index (χ1v) is 11.1. The normalized spacial score (nSPS) is 15.9. The minimum Gasteiger partial charge on any atom is -0.497 e. The summed E-state index contributed by atoms with van der Waals surface area (Å²) in [5.41, 5.74) is 3.05. The summed E-state index contributed by atoms with van der Waals surface area (Å²) >= 11 is 0. The molecule has 0 saturated carbocycles. The Morgan fingerprint density at radius 3 is 2.55 bits per heavy atom. The first-order chi connectivity index (χ1) is 15.9. The van der Waals surface area contributed by atoms with Crippen molar-refractivity contribution in [3.05, 3.63) is 70.4 Å². The van der Waals surface area contributed by atoms with Gasteiger partial charge in [-0.25, -0.2) is 9.97 Å². The maximum Gasteiger partial charge on any atom is 0.255 e. The van der Waals surface area contributed by atoms with Gasteiger partial charge in [-0.3, -0.25) is 9.59 Å². The fourth-order valence-corrected chi connectivity index (χ4v) is 4.19. The molecule has 1 aliphatic heterocycles. The van der Waals surface area contributed by atoms with Crippen LogP contribution in [0.15, 0.2) is 53.6 Å². The Morgan fingerprint density at radius 1 is 1.12 bits per heavy atom. The average Bonchev–Trinajstić information content (AvgIpc) is 2.85. The summed E-state index contributed by atoms with van der Waals surface area (Å²) in [5.74, 6) is 1.28. The highest BCUT2D eigenvalue weighted by Crippen LogP contribution is 2.37. The topological polar surface area (TPSA) is 80.6 Å². The third kappa shape index (κ3) is 4.60. The molecule has 0 spiro atoms. The van der Waals surface area contributed by atoms with E-state index in [-0.39, 0.29) is 17.5 Å². The number of carbonyl (C=O) groups is 1. The van der Waals surface area contributed by atoms with Crippen LogP contribution in [-0.4, -0.2) is 53.1 Å². The summed E-state index contributed by atoms with van der Waals surface area (Å²) in [6.45, 7) is 0.635. The smallest absolute Gasteiger partial charge is 0.255 e. The number of likely N-dealkylation sites (tertiary alicyclic amines) is 1. The molecule has 0 unspecified atom stereocenters. The van der Waals surface area contributed by atoms with Crippen molar-refractivity contribution in [1.29, 1.82) is 0 Å². The van der Waals surface area contributed by atoms with Crippen LogP contribution in [0.5, 0.6) is 5.75 Å². The van der Waals surface area contributed by atoms with E-state index < -0.39 is 0 Å². The molecule has 1 amide bonds. The number of hydrogen-bond donors (Lipinski definition) is 0. The zero-order valence-corrected chi connectivity index (χ0v) is 19.5. The summed E-state index contributed by atoms with van der Waals surface area (Å²) in [4.78, 5) is 38.6. The molecule has 4 rings (SSSR count). The molecule has 8 heteroatoms. The first kappa shape index (κ1) is 22.5. The van der Waals surface area contributed by atoms with Crippen LogP contribution in [0.1, 0.15) is 41.4 Å². The van der Waals surface area contributed by atoms with E-state index in [9.17, 15) is 9.59 Å². The van der Waals surface area contributed by atoms with E-state index in [1.807, 2.05) is 54.4 Å². The number of carbonyl (C=O) groups excluding carboxylic acids is 1. The van der Waals surface area contributed by atoms with Gasteiger partial charge < -0.3 is 19.1 Å². The highest BCUT2D eigenvalue weighted by atomic mass is 16.5. The minimum absolute atomic E-state index is 0.0963. The zero-order valence-electron chi connectivity index (χ0n) is 19.5. The van der Waals surface area contributed by atoms with Gasteiger partial charge in [0, 0.05) is 51.7 Å². The number of hydrogen-bond acceptors (Lipinski definition) is 6. The van der Waals surface area contributed by atoms with E-state index in [1.54, 1.807) is 26.4 Å². The molecule has 33 heavy (non-hydrogen) atoms. The van der Waals surface area contributed by atoms with Crippen molar-refractivity contribution in [3.63, 3.8) is 0 Å². The van der Waals surface area contributed by atoms with Gasteiger partial charge in [0.25, 0.3) is 5.91 Å². The molecule has 0 bridgehead atoms. The number of aromatic nitrogens is 3. The highest BCUT2D eigenvalue weighted by molar-refractivity contribution is 5.94. The number of amides is 1. The van der Waals surface area contributed by atoms with E-state index in [0.29, 0.717) is 18.1 Å². The molecule has 8 nitrogen and oxygen atoms in total. The number of anilines is 1. The number of aryl methyl sites for hydroxylation is 1. The Kier molecular flexibility index (Phi) is 6.44. The van der Waals surface area contributed by atoms with Crippen LogP contribution >= 0.6 is 0 Å². The number of methoxy groups -OCH3 is 1. The Balaban J connectivity index is 1.79. The number of piperidine rings is 1. The molecule has 2 aromatic heterocycles. The molecule has 1 atom stereocenters. The van der Waals surface area contributed by atoms with E-state index in [2.05, 4.69) is 4.98 Å². The monoisotopic (exact) mass is 447 g/mol. The third-order valence-corrected chi connectivity index (χ3v) is 6.02.